The average Bonchev–Trinajstić information content (AvgIpc) is 3.73. The predicted octanol–water partition coefficient (Wildman–Crippen LogP) is 6.08. The molecular formula is C32H34N4O4S2. The van der Waals surface area contributed by atoms with Crippen molar-refractivity contribution in [2.75, 3.05) is 40.4 Å². The van der Waals surface area contributed by atoms with E-state index in [4.69, 9.17) is 9.47 Å². The molecule has 4 heterocycles. The number of nitrogens with zero attached hydrogens (tertiary/aromatic N) is 4. The molecule has 2 fully saturated rings. The zero-order chi connectivity index (χ0) is 29.1. The summed E-state index contributed by atoms with van der Waals surface area (Å²) in [5.74, 6) is -0.0692. The van der Waals surface area contributed by atoms with Gasteiger partial charge in [0.2, 0.25) is 0 Å². The molecule has 2 aromatic carbocycles. The highest BCUT2D eigenvalue weighted by molar-refractivity contribution is 8.76. The van der Waals surface area contributed by atoms with Crippen LogP contribution in [0.25, 0.3) is 21.8 Å². The van der Waals surface area contributed by atoms with E-state index in [1.807, 2.05) is 62.6 Å². The summed E-state index contributed by atoms with van der Waals surface area (Å²) in [5.41, 5.74) is 2.84. The van der Waals surface area contributed by atoms with Gasteiger partial charge in [0, 0.05) is 84.5 Å². The van der Waals surface area contributed by atoms with Crippen molar-refractivity contribution < 1.29 is 19.1 Å². The Balaban J connectivity index is 1.22. The summed E-state index contributed by atoms with van der Waals surface area (Å²) < 4.78 is 11.5. The summed E-state index contributed by atoms with van der Waals surface area (Å²) in [4.78, 5) is 41.5. The van der Waals surface area contributed by atoms with Crippen LogP contribution in [0.3, 0.4) is 0 Å². The molecule has 2 aromatic heterocycles. The van der Waals surface area contributed by atoms with Gasteiger partial charge >= 0.3 is 0 Å². The zero-order valence-electron chi connectivity index (χ0n) is 23.8. The maximum atomic E-state index is 13.4. The van der Waals surface area contributed by atoms with Crippen LogP contribution in [0.15, 0.2) is 70.7 Å². The van der Waals surface area contributed by atoms with E-state index in [-0.39, 0.29) is 24.0 Å². The molecule has 42 heavy (non-hydrogen) atoms. The highest BCUT2D eigenvalue weighted by atomic mass is 33.1. The number of carbonyl (C=O) groups excluding carboxylic acids is 2. The molecule has 2 atom stereocenters. The van der Waals surface area contributed by atoms with Crippen molar-refractivity contribution in [3.05, 3.63) is 72.1 Å². The van der Waals surface area contributed by atoms with Gasteiger partial charge in [0.15, 0.2) is 0 Å². The Hall–Kier alpha value is -3.18. The summed E-state index contributed by atoms with van der Waals surface area (Å²) in [6, 6.07) is 15.4. The summed E-state index contributed by atoms with van der Waals surface area (Å²) in [5, 5.41) is 1.65. The number of rotatable bonds is 9. The van der Waals surface area contributed by atoms with Gasteiger partial charge in [0.25, 0.3) is 11.8 Å². The van der Waals surface area contributed by atoms with Crippen LogP contribution < -0.4 is 0 Å². The molecule has 0 radical (unpaired) electrons. The van der Waals surface area contributed by atoms with E-state index >= 15 is 0 Å². The lowest BCUT2D eigenvalue weighted by Gasteiger charge is -2.22. The molecule has 0 N–H and O–H groups in total. The Bertz CT molecular complexity index is 1490. The van der Waals surface area contributed by atoms with E-state index in [0.717, 1.165) is 70.5 Å². The van der Waals surface area contributed by atoms with E-state index in [0.29, 0.717) is 24.2 Å². The lowest BCUT2D eigenvalue weighted by molar-refractivity contribution is 0.0586. The SMILES string of the molecule is CN(CC1CCCO1)C(=O)c1ccc(SSc2ccc(C(=O)N(C)CC3CCCO3)c3cccnc23)c2ncccc12. The van der Waals surface area contributed by atoms with E-state index in [9.17, 15) is 9.59 Å². The fourth-order valence-electron chi connectivity index (χ4n) is 5.66. The minimum Gasteiger partial charge on any atom is -0.376 e. The molecule has 8 nitrogen and oxygen atoms in total. The Morgan fingerprint density at radius 1 is 0.738 bits per heavy atom. The topological polar surface area (TPSA) is 84.9 Å². The van der Waals surface area contributed by atoms with Crippen molar-refractivity contribution in [3.63, 3.8) is 0 Å². The van der Waals surface area contributed by atoms with Crippen LogP contribution in [0, 0.1) is 0 Å². The maximum Gasteiger partial charge on any atom is 0.254 e. The van der Waals surface area contributed by atoms with E-state index < -0.39 is 0 Å². The van der Waals surface area contributed by atoms with Crippen molar-refractivity contribution in [1.29, 1.82) is 0 Å². The molecule has 2 amide bonds. The summed E-state index contributed by atoms with van der Waals surface area (Å²) in [6.07, 6.45) is 7.76. The highest BCUT2D eigenvalue weighted by Crippen LogP contribution is 2.43. The summed E-state index contributed by atoms with van der Waals surface area (Å²) >= 11 is 0. The second-order valence-corrected chi connectivity index (χ2v) is 13.0. The Kier molecular flexibility index (Phi) is 8.95. The monoisotopic (exact) mass is 602 g/mol. The fraction of sp³-hybridized carbons (Fsp3) is 0.375. The van der Waals surface area contributed by atoms with Gasteiger partial charge in [-0.2, -0.15) is 0 Å². The van der Waals surface area contributed by atoms with Gasteiger partial charge in [-0.15, -0.1) is 0 Å². The first-order valence-electron chi connectivity index (χ1n) is 14.3. The zero-order valence-corrected chi connectivity index (χ0v) is 25.5. The Morgan fingerprint density at radius 2 is 1.19 bits per heavy atom. The van der Waals surface area contributed by atoms with Gasteiger partial charge in [-0.25, -0.2) is 0 Å². The first-order chi connectivity index (χ1) is 20.5. The Labute approximate surface area is 253 Å². The average molecular weight is 603 g/mol. The van der Waals surface area contributed by atoms with Crippen molar-refractivity contribution in [2.45, 2.75) is 47.7 Å². The number of benzene rings is 2. The van der Waals surface area contributed by atoms with Crippen LogP contribution >= 0.6 is 21.6 Å². The van der Waals surface area contributed by atoms with Crippen LogP contribution in [0.5, 0.6) is 0 Å². The second-order valence-electron chi connectivity index (χ2n) is 10.8. The predicted molar refractivity (Wildman–Crippen MR) is 167 cm³/mol. The number of ether oxygens (including phenoxy) is 2. The van der Waals surface area contributed by atoms with Gasteiger partial charge in [-0.1, -0.05) is 33.7 Å². The molecule has 2 aliphatic rings. The van der Waals surface area contributed by atoms with Crippen LogP contribution in [0.1, 0.15) is 46.4 Å². The van der Waals surface area contributed by atoms with Crippen molar-refractivity contribution in [2.24, 2.45) is 0 Å². The minimum absolute atomic E-state index is 0.0346. The minimum atomic E-state index is -0.0346. The smallest absolute Gasteiger partial charge is 0.254 e. The first-order valence-corrected chi connectivity index (χ1v) is 16.5. The first kappa shape index (κ1) is 28.9. The van der Waals surface area contributed by atoms with Crippen LogP contribution in [0.4, 0.5) is 0 Å². The highest BCUT2D eigenvalue weighted by Gasteiger charge is 2.24. The standard InChI is InChI=1S/C32H34N4O4S2/c1-35(19-21-7-5-17-39-21)31(37)25-11-13-27(29-23(25)9-3-15-33-29)41-42-28-14-12-26(24-10-4-16-34-30(24)28)32(38)36(2)20-22-8-6-18-40-22/h3-4,9-16,21-22H,5-8,17-20H2,1-2H3. The third-order valence-electron chi connectivity index (χ3n) is 7.84. The maximum absolute atomic E-state index is 13.4. The molecule has 0 spiro atoms. The number of likely N-dealkylation sites (N-methyl/N-ethyl adjacent to an activating group) is 2. The van der Waals surface area contributed by atoms with Gasteiger partial charge in [0.05, 0.1) is 23.2 Å². The van der Waals surface area contributed by atoms with Crippen molar-refractivity contribution in [1.82, 2.24) is 19.8 Å². The quantitative estimate of drug-likeness (QED) is 0.213. The number of aromatic nitrogens is 2. The van der Waals surface area contributed by atoms with Crippen LogP contribution in [-0.4, -0.2) is 84.2 Å². The van der Waals surface area contributed by atoms with Crippen molar-refractivity contribution in [3.8, 4) is 0 Å². The van der Waals surface area contributed by atoms with E-state index in [1.165, 1.54) is 0 Å². The van der Waals surface area contributed by atoms with Gasteiger partial charge in [-0.05, 0) is 62.1 Å². The number of amides is 2. The molecule has 6 rings (SSSR count). The number of carbonyl (C=O) groups is 2. The summed E-state index contributed by atoms with van der Waals surface area (Å²) in [7, 11) is 6.81. The molecule has 10 heteroatoms. The summed E-state index contributed by atoms with van der Waals surface area (Å²) in [6.45, 7) is 2.69. The molecule has 4 aromatic rings. The number of fused-ring (bicyclic) bond motifs is 2. The van der Waals surface area contributed by atoms with Gasteiger partial charge in [0.1, 0.15) is 0 Å². The van der Waals surface area contributed by atoms with E-state index in [1.54, 1.807) is 43.8 Å². The number of hydrogen-bond acceptors (Lipinski definition) is 8. The van der Waals surface area contributed by atoms with Crippen molar-refractivity contribution >= 4 is 55.2 Å². The normalized spacial score (nSPS) is 18.5. The molecule has 2 saturated heterocycles. The van der Waals surface area contributed by atoms with Gasteiger partial charge < -0.3 is 19.3 Å². The second kappa shape index (κ2) is 13.0. The number of pyridine rings is 2. The largest absolute Gasteiger partial charge is 0.376 e. The lowest BCUT2D eigenvalue weighted by atomic mass is 10.1. The molecular weight excluding hydrogens is 569 g/mol. The molecule has 0 aliphatic carbocycles. The van der Waals surface area contributed by atoms with Crippen LogP contribution in [-0.2, 0) is 9.47 Å². The third-order valence-corrected chi connectivity index (χ3v) is 10.3. The van der Waals surface area contributed by atoms with Gasteiger partial charge in [-0.3, -0.25) is 19.6 Å². The third kappa shape index (κ3) is 6.13. The molecule has 0 bridgehead atoms. The fourth-order valence-corrected chi connectivity index (χ4v) is 7.91. The Morgan fingerprint density at radius 3 is 1.60 bits per heavy atom. The van der Waals surface area contributed by atoms with E-state index in [2.05, 4.69) is 9.97 Å². The molecule has 218 valence electrons. The lowest BCUT2D eigenvalue weighted by Crippen LogP contribution is -2.34. The van der Waals surface area contributed by atoms with Crippen LogP contribution in [0.2, 0.25) is 0 Å². The molecule has 2 unspecified atom stereocenters. The molecule has 0 saturated carbocycles. The molecule has 2 aliphatic heterocycles. The number of hydrogen-bond donors (Lipinski definition) is 0.